The van der Waals surface area contributed by atoms with Gasteiger partial charge in [0.2, 0.25) is 11.8 Å². The SMILES string of the molecule is O=C1[C@H]2C[C@H](Br)[C@@H](Br)C[C@H]2C(=O)N1c1ccc(Br)cc1. The Labute approximate surface area is 142 Å². The zero-order valence-corrected chi connectivity index (χ0v) is 15.2. The van der Waals surface area contributed by atoms with Crippen molar-refractivity contribution >= 4 is 65.3 Å². The molecule has 0 radical (unpaired) electrons. The molecule has 1 aliphatic carbocycles. The largest absolute Gasteiger partial charge is 0.274 e. The van der Waals surface area contributed by atoms with Crippen LogP contribution in [0.3, 0.4) is 0 Å². The molecule has 1 aliphatic heterocycles. The smallest absolute Gasteiger partial charge is 0.237 e. The molecule has 0 bridgehead atoms. The van der Waals surface area contributed by atoms with Crippen LogP contribution in [-0.2, 0) is 9.59 Å². The first-order valence-electron chi connectivity index (χ1n) is 6.40. The minimum atomic E-state index is -0.190. The lowest BCUT2D eigenvalue weighted by Gasteiger charge is -2.29. The van der Waals surface area contributed by atoms with E-state index in [-0.39, 0.29) is 33.3 Å². The number of amides is 2. The van der Waals surface area contributed by atoms with Crippen molar-refractivity contribution in [3.05, 3.63) is 28.7 Å². The highest BCUT2D eigenvalue weighted by Gasteiger charge is 2.52. The molecule has 1 saturated carbocycles. The number of carbonyl (C=O) groups is 2. The van der Waals surface area contributed by atoms with Gasteiger partial charge in [-0.3, -0.25) is 14.5 Å². The van der Waals surface area contributed by atoms with E-state index in [2.05, 4.69) is 47.8 Å². The fourth-order valence-corrected chi connectivity index (χ4v) is 4.44. The number of carbonyl (C=O) groups excluding carboxylic acids is 2. The van der Waals surface area contributed by atoms with E-state index >= 15 is 0 Å². The molecule has 106 valence electrons. The second kappa shape index (κ2) is 5.54. The van der Waals surface area contributed by atoms with Crippen molar-refractivity contribution in [2.45, 2.75) is 22.5 Å². The van der Waals surface area contributed by atoms with Crippen LogP contribution in [0.25, 0.3) is 0 Å². The molecule has 3 rings (SSSR count). The fraction of sp³-hybridized carbons (Fsp3) is 0.429. The summed E-state index contributed by atoms with van der Waals surface area (Å²) in [5.74, 6) is -0.508. The lowest BCUT2D eigenvalue weighted by molar-refractivity contribution is -0.122. The lowest BCUT2D eigenvalue weighted by Crippen LogP contribution is -2.34. The van der Waals surface area contributed by atoms with Gasteiger partial charge in [-0.05, 0) is 37.1 Å². The van der Waals surface area contributed by atoms with Gasteiger partial charge in [-0.2, -0.15) is 0 Å². The Kier molecular flexibility index (Phi) is 4.08. The van der Waals surface area contributed by atoms with Gasteiger partial charge in [0.1, 0.15) is 0 Å². The Balaban J connectivity index is 1.93. The Morgan fingerprint density at radius 3 is 1.80 bits per heavy atom. The van der Waals surface area contributed by atoms with Crippen molar-refractivity contribution in [3.8, 4) is 0 Å². The predicted octanol–water partition coefficient (Wildman–Crippen LogP) is 3.88. The summed E-state index contributed by atoms with van der Waals surface area (Å²) in [5.41, 5.74) is 0.662. The zero-order valence-electron chi connectivity index (χ0n) is 10.4. The van der Waals surface area contributed by atoms with E-state index in [1.165, 1.54) is 4.90 Å². The first kappa shape index (κ1) is 14.7. The molecule has 1 aromatic rings. The van der Waals surface area contributed by atoms with E-state index in [1.807, 2.05) is 12.1 Å². The van der Waals surface area contributed by atoms with Crippen molar-refractivity contribution in [1.82, 2.24) is 0 Å². The van der Waals surface area contributed by atoms with Crippen LogP contribution in [0, 0.1) is 11.8 Å². The lowest BCUT2D eigenvalue weighted by atomic mass is 9.81. The average Bonchev–Trinajstić information content (AvgIpc) is 2.65. The highest BCUT2D eigenvalue weighted by Crippen LogP contribution is 2.44. The molecule has 0 unspecified atom stereocenters. The van der Waals surface area contributed by atoms with Crippen LogP contribution in [0.5, 0.6) is 0 Å². The maximum absolute atomic E-state index is 12.5. The molecule has 2 fully saturated rings. The predicted molar refractivity (Wildman–Crippen MR) is 88.3 cm³/mol. The second-order valence-corrected chi connectivity index (χ2v) is 8.47. The summed E-state index contributed by atoms with van der Waals surface area (Å²) in [5, 5.41) is 0. The Morgan fingerprint density at radius 1 is 0.900 bits per heavy atom. The minimum Gasteiger partial charge on any atom is -0.274 e. The minimum absolute atomic E-state index is 0.0637. The summed E-state index contributed by atoms with van der Waals surface area (Å²) >= 11 is 10.5. The third-order valence-corrected chi connectivity index (χ3v) is 7.26. The third-order valence-electron chi connectivity index (χ3n) is 4.00. The third kappa shape index (κ3) is 2.40. The van der Waals surface area contributed by atoms with Gasteiger partial charge in [0.25, 0.3) is 0 Å². The molecule has 0 aromatic heterocycles. The first-order valence-corrected chi connectivity index (χ1v) is 9.03. The average molecular weight is 466 g/mol. The molecule has 6 heteroatoms. The molecule has 20 heavy (non-hydrogen) atoms. The second-order valence-electron chi connectivity index (χ2n) is 5.20. The molecule has 0 N–H and O–H groups in total. The molecular formula is C14H12Br3NO2. The van der Waals surface area contributed by atoms with Crippen molar-refractivity contribution in [2.75, 3.05) is 4.90 Å². The van der Waals surface area contributed by atoms with E-state index in [9.17, 15) is 9.59 Å². The van der Waals surface area contributed by atoms with Crippen LogP contribution in [0.15, 0.2) is 28.7 Å². The number of anilines is 1. The summed E-state index contributed by atoms with van der Waals surface area (Å²) in [6.45, 7) is 0. The molecule has 4 atom stereocenters. The van der Waals surface area contributed by atoms with Gasteiger partial charge in [0.15, 0.2) is 0 Å². The monoisotopic (exact) mass is 463 g/mol. The highest BCUT2D eigenvalue weighted by atomic mass is 79.9. The number of imide groups is 1. The normalized spacial score (nSPS) is 33.5. The quantitative estimate of drug-likeness (QED) is 0.466. The van der Waals surface area contributed by atoms with Crippen molar-refractivity contribution in [2.24, 2.45) is 11.8 Å². The van der Waals surface area contributed by atoms with Gasteiger partial charge in [0, 0.05) is 14.1 Å². The fourth-order valence-electron chi connectivity index (χ4n) is 2.94. The number of hydrogen-bond acceptors (Lipinski definition) is 2. The van der Waals surface area contributed by atoms with E-state index in [4.69, 9.17) is 0 Å². The van der Waals surface area contributed by atoms with Gasteiger partial charge in [0.05, 0.1) is 17.5 Å². The topological polar surface area (TPSA) is 37.4 Å². The number of nitrogens with zero attached hydrogens (tertiary/aromatic N) is 1. The van der Waals surface area contributed by atoms with E-state index < -0.39 is 0 Å². The van der Waals surface area contributed by atoms with E-state index in [0.717, 1.165) is 4.47 Å². The summed E-state index contributed by atoms with van der Waals surface area (Å²) in [6, 6.07) is 7.29. The van der Waals surface area contributed by atoms with Gasteiger partial charge in [-0.25, -0.2) is 0 Å². The van der Waals surface area contributed by atoms with Crippen LogP contribution in [0.1, 0.15) is 12.8 Å². The summed E-state index contributed by atoms with van der Waals surface area (Å²) in [6.07, 6.45) is 1.41. The molecule has 1 saturated heterocycles. The zero-order chi connectivity index (χ0) is 14.4. The Hall–Kier alpha value is -0.200. The summed E-state index contributed by atoms with van der Waals surface area (Å²) in [7, 11) is 0. The van der Waals surface area contributed by atoms with Crippen molar-refractivity contribution < 1.29 is 9.59 Å². The summed E-state index contributed by atoms with van der Waals surface area (Å²) < 4.78 is 0.929. The van der Waals surface area contributed by atoms with E-state index in [0.29, 0.717) is 18.5 Å². The van der Waals surface area contributed by atoms with E-state index in [1.54, 1.807) is 12.1 Å². The van der Waals surface area contributed by atoms with Crippen LogP contribution >= 0.6 is 47.8 Å². The molecule has 1 heterocycles. The molecule has 1 aromatic carbocycles. The van der Waals surface area contributed by atoms with Crippen LogP contribution in [0.2, 0.25) is 0 Å². The maximum atomic E-state index is 12.5. The summed E-state index contributed by atoms with van der Waals surface area (Å²) in [4.78, 5) is 26.9. The standard InChI is InChI=1S/C14H12Br3NO2/c15-7-1-3-8(4-2-7)18-13(19)9-5-11(16)12(17)6-10(9)14(18)20/h1-4,9-12H,5-6H2/t9-,10+,11-,12-/m0/s1. The maximum Gasteiger partial charge on any atom is 0.237 e. The first-order chi connectivity index (χ1) is 9.49. The highest BCUT2D eigenvalue weighted by molar-refractivity contribution is 9.12. The Bertz CT molecular complexity index is 532. The number of alkyl halides is 2. The molecule has 3 nitrogen and oxygen atoms in total. The van der Waals surface area contributed by atoms with Gasteiger partial charge in [-0.15, -0.1) is 0 Å². The molecule has 0 spiro atoms. The van der Waals surface area contributed by atoms with Crippen LogP contribution in [-0.4, -0.2) is 21.5 Å². The van der Waals surface area contributed by atoms with Crippen molar-refractivity contribution in [1.29, 1.82) is 0 Å². The molecule has 2 aliphatic rings. The Morgan fingerprint density at radius 2 is 1.35 bits per heavy atom. The molecule has 2 amide bonds. The number of hydrogen-bond donors (Lipinski definition) is 0. The van der Waals surface area contributed by atoms with Crippen LogP contribution < -0.4 is 4.90 Å². The van der Waals surface area contributed by atoms with Gasteiger partial charge < -0.3 is 0 Å². The van der Waals surface area contributed by atoms with Gasteiger partial charge in [-0.1, -0.05) is 47.8 Å². The number of benzene rings is 1. The van der Waals surface area contributed by atoms with Crippen LogP contribution in [0.4, 0.5) is 5.69 Å². The van der Waals surface area contributed by atoms with Crippen molar-refractivity contribution in [3.63, 3.8) is 0 Å². The molecular weight excluding hydrogens is 454 g/mol. The number of halogens is 3. The number of rotatable bonds is 1. The van der Waals surface area contributed by atoms with Gasteiger partial charge >= 0.3 is 0 Å². The number of fused-ring (bicyclic) bond motifs is 1.